The molecule has 2 aromatic rings. The van der Waals surface area contributed by atoms with Gasteiger partial charge in [0, 0.05) is 6.07 Å². The van der Waals surface area contributed by atoms with E-state index in [1.54, 1.807) is 12.1 Å². The Morgan fingerprint density at radius 1 is 1.14 bits per heavy atom. The van der Waals surface area contributed by atoms with Crippen molar-refractivity contribution in [2.75, 3.05) is 19.5 Å². The maximum absolute atomic E-state index is 12.2. The largest absolute Gasteiger partial charge is 0.493 e. The molecule has 0 unspecified atom stereocenters. The van der Waals surface area contributed by atoms with Gasteiger partial charge in [0.2, 0.25) is 0 Å². The maximum Gasteiger partial charge on any atom is 0.327 e. The molecule has 2 rings (SSSR count). The first-order valence-electron chi connectivity index (χ1n) is 5.91. The number of hydrogen-bond donors (Lipinski definition) is 3. The fraction of sp³-hybridized carbons (Fsp3) is 0.154. The molecule has 0 fully saturated rings. The Morgan fingerprint density at radius 2 is 1.90 bits per heavy atom. The lowest BCUT2D eigenvalue weighted by Crippen LogP contribution is -2.25. The van der Waals surface area contributed by atoms with Gasteiger partial charge >= 0.3 is 5.69 Å². The van der Waals surface area contributed by atoms with E-state index < -0.39 is 17.2 Å². The second kappa shape index (κ2) is 5.95. The van der Waals surface area contributed by atoms with Gasteiger partial charge in [-0.1, -0.05) is 6.07 Å². The predicted molar refractivity (Wildman–Crippen MR) is 75.2 cm³/mol. The SMILES string of the molecule is COc1cccc(C(=O)Nc2cc(=O)[nH]c(=O)[nH]2)c1OC. The van der Waals surface area contributed by atoms with Crippen molar-refractivity contribution in [3.63, 3.8) is 0 Å². The Hall–Kier alpha value is -3.03. The van der Waals surface area contributed by atoms with Crippen LogP contribution in [0.25, 0.3) is 0 Å². The minimum absolute atomic E-state index is 0.0152. The molecule has 0 bridgehead atoms. The lowest BCUT2D eigenvalue weighted by molar-refractivity contribution is 0.102. The normalized spacial score (nSPS) is 10.0. The summed E-state index contributed by atoms with van der Waals surface area (Å²) >= 11 is 0. The number of carbonyl (C=O) groups excluding carboxylic acids is 1. The molecule has 0 saturated carbocycles. The van der Waals surface area contributed by atoms with Crippen molar-refractivity contribution in [1.29, 1.82) is 0 Å². The van der Waals surface area contributed by atoms with Gasteiger partial charge in [0.1, 0.15) is 5.82 Å². The van der Waals surface area contributed by atoms with Crippen LogP contribution >= 0.6 is 0 Å². The van der Waals surface area contributed by atoms with Gasteiger partial charge in [-0.15, -0.1) is 0 Å². The first-order chi connectivity index (χ1) is 10.0. The van der Waals surface area contributed by atoms with Crippen LogP contribution in [0.4, 0.5) is 5.82 Å². The van der Waals surface area contributed by atoms with Gasteiger partial charge in [-0.25, -0.2) is 4.79 Å². The fourth-order valence-electron chi connectivity index (χ4n) is 1.79. The summed E-state index contributed by atoms with van der Waals surface area (Å²) in [5.41, 5.74) is -1.12. The lowest BCUT2D eigenvalue weighted by atomic mass is 10.1. The first-order valence-corrected chi connectivity index (χ1v) is 5.91. The van der Waals surface area contributed by atoms with E-state index in [9.17, 15) is 14.4 Å². The van der Waals surface area contributed by atoms with Crippen molar-refractivity contribution in [3.8, 4) is 11.5 Å². The molecule has 1 aromatic carbocycles. The van der Waals surface area contributed by atoms with Crippen LogP contribution in [-0.2, 0) is 0 Å². The highest BCUT2D eigenvalue weighted by atomic mass is 16.5. The molecule has 8 heteroatoms. The molecule has 1 amide bonds. The van der Waals surface area contributed by atoms with E-state index in [0.29, 0.717) is 5.75 Å². The first kappa shape index (κ1) is 14.4. The van der Waals surface area contributed by atoms with Crippen LogP contribution < -0.4 is 26.0 Å². The molecule has 3 N–H and O–H groups in total. The molecule has 1 aromatic heterocycles. The molecular formula is C13H13N3O5. The van der Waals surface area contributed by atoms with Gasteiger partial charge in [-0.3, -0.25) is 19.6 Å². The van der Waals surface area contributed by atoms with Crippen molar-refractivity contribution in [2.45, 2.75) is 0 Å². The van der Waals surface area contributed by atoms with Crippen LogP contribution in [0.1, 0.15) is 10.4 Å². The van der Waals surface area contributed by atoms with E-state index >= 15 is 0 Å². The molecule has 0 saturated heterocycles. The van der Waals surface area contributed by atoms with E-state index in [0.717, 1.165) is 6.07 Å². The summed E-state index contributed by atoms with van der Waals surface area (Å²) in [4.78, 5) is 38.8. The van der Waals surface area contributed by atoms with E-state index in [1.165, 1.54) is 20.3 Å². The van der Waals surface area contributed by atoms with E-state index in [1.807, 2.05) is 4.98 Å². The Bertz CT molecular complexity index is 750. The number of carbonyl (C=O) groups is 1. The fourth-order valence-corrected chi connectivity index (χ4v) is 1.79. The Morgan fingerprint density at radius 3 is 2.52 bits per heavy atom. The highest BCUT2D eigenvalue weighted by molar-refractivity contribution is 6.06. The number of para-hydroxylation sites is 1. The van der Waals surface area contributed by atoms with Gasteiger partial charge in [-0.05, 0) is 12.1 Å². The lowest BCUT2D eigenvalue weighted by Gasteiger charge is -2.12. The van der Waals surface area contributed by atoms with Gasteiger partial charge in [0.25, 0.3) is 11.5 Å². The number of aromatic amines is 2. The summed E-state index contributed by atoms with van der Waals surface area (Å²) in [5.74, 6) is 0.0832. The number of hydrogen-bond acceptors (Lipinski definition) is 5. The van der Waals surface area contributed by atoms with Crippen molar-refractivity contribution in [2.24, 2.45) is 0 Å². The standard InChI is InChI=1S/C13H13N3O5/c1-20-8-5-3-4-7(11(8)21-2)12(18)14-9-6-10(17)16-13(19)15-9/h3-6H,1-2H3,(H3,14,15,16,17,18,19). The molecule has 0 radical (unpaired) electrons. The van der Waals surface area contributed by atoms with E-state index in [-0.39, 0.29) is 17.1 Å². The number of methoxy groups -OCH3 is 2. The Balaban J connectivity index is 2.36. The predicted octanol–water partition coefficient (Wildman–Crippen LogP) is 0.333. The minimum atomic E-state index is -0.713. The molecule has 0 aliphatic carbocycles. The average molecular weight is 291 g/mol. The number of nitrogens with one attached hydrogen (secondary N) is 3. The zero-order valence-electron chi connectivity index (χ0n) is 11.4. The molecule has 0 spiro atoms. The average Bonchev–Trinajstić information content (AvgIpc) is 2.45. The number of benzene rings is 1. The molecule has 0 atom stereocenters. The van der Waals surface area contributed by atoms with Crippen LogP contribution in [0.3, 0.4) is 0 Å². The monoisotopic (exact) mass is 291 g/mol. The van der Waals surface area contributed by atoms with Crippen LogP contribution in [-0.4, -0.2) is 30.1 Å². The number of H-pyrrole nitrogens is 2. The van der Waals surface area contributed by atoms with Crippen molar-refractivity contribution < 1.29 is 14.3 Å². The molecule has 0 aliphatic rings. The second-order valence-corrected chi connectivity index (χ2v) is 4.00. The molecular weight excluding hydrogens is 278 g/mol. The van der Waals surface area contributed by atoms with Crippen LogP contribution in [0.2, 0.25) is 0 Å². The Kier molecular flexibility index (Phi) is 4.07. The summed E-state index contributed by atoms with van der Waals surface area (Å²) in [6.45, 7) is 0. The third kappa shape index (κ3) is 3.11. The van der Waals surface area contributed by atoms with Crippen LogP contribution in [0, 0.1) is 0 Å². The van der Waals surface area contributed by atoms with Crippen molar-refractivity contribution in [1.82, 2.24) is 9.97 Å². The number of amides is 1. The number of anilines is 1. The van der Waals surface area contributed by atoms with Crippen LogP contribution in [0.5, 0.6) is 11.5 Å². The van der Waals surface area contributed by atoms with Gasteiger partial charge < -0.3 is 14.8 Å². The third-order valence-corrected chi connectivity index (χ3v) is 2.66. The van der Waals surface area contributed by atoms with Gasteiger partial charge in [-0.2, -0.15) is 0 Å². The molecule has 110 valence electrons. The van der Waals surface area contributed by atoms with E-state index in [2.05, 4.69) is 10.3 Å². The van der Waals surface area contributed by atoms with Gasteiger partial charge in [0.05, 0.1) is 19.8 Å². The minimum Gasteiger partial charge on any atom is -0.493 e. The third-order valence-electron chi connectivity index (χ3n) is 2.66. The topological polar surface area (TPSA) is 113 Å². The number of aromatic nitrogens is 2. The second-order valence-electron chi connectivity index (χ2n) is 4.00. The smallest absolute Gasteiger partial charge is 0.327 e. The van der Waals surface area contributed by atoms with Crippen LogP contribution in [0.15, 0.2) is 33.9 Å². The Labute approximate surface area is 118 Å². The summed E-state index contributed by atoms with van der Waals surface area (Å²) < 4.78 is 10.2. The quantitative estimate of drug-likeness (QED) is 0.751. The summed E-state index contributed by atoms with van der Waals surface area (Å²) in [5, 5.41) is 2.42. The van der Waals surface area contributed by atoms with E-state index in [4.69, 9.17) is 9.47 Å². The van der Waals surface area contributed by atoms with Gasteiger partial charge in [0.15, 0.2) is 11.5 Å². The van der Waals surface area contributed by atoms with Crippen molar-refractivity contribution >= 4 is 11.7 Å². The zero-order chi connectivity index (χ0) is 15.4. The summed E-state index contributed by atoms with van der Waals surface area (Å²) in [6.07, 6.45) is 0. The molecule has 1 heterocycles. The highest BCUT2D eigenvalue weighted by Crippen LogP contribution is 2.30. The van der Waals surface area contributed by atoms with Crippen molar-refractivity contribution in [3.05, 3.63) is 50.7 Å². The number of ether oxygens (including phenoxy) is 2. The highest BCUT2D eigenvalue weighted by Gasteiger charge is 2.16. The maximum atomic E-state index is 12.2. The zero-order valence-corrected chi connectivity index (χ0v) is 11.4. The summed E-state index contributed by atoms with van der Waals surface area (Å²) in [7, 11) is 2.86. The molecule has 8 nitrogen and oxygen atoms in total. The molecule has 21 heavy (non-hydrogen) atoms. The molecule has 0 aliphatic heterocycles. The summed E-state index contributed by atoms with van der Waals surface area (Å²) in [6, 6.07) is 5.86. The number of rotatable bonds is 4.